The van der Waals surface area contributed by atoms with Crippen LogP contribution in [-0.4, -0.2) is 54.6 Å². The van der Waals surface area contributed by atoms with E-state index in [2.05, 4.69) is 39.9 Å². The maximum atomic E-state index is 12.9. The van der Waals surface area contributed by atoms with E-state index in [9.17, 15) is 4.79 Å². The van der Waals surface area contributed by atoms with Gasteiger partial charge in [-0.15, -0.1) is 0 Å². The Balaban J connectivity index is 1.37. The van der Waals surface area contributed by atoms with E-state index < -0.39 is 0 Å². The normalized spacial score (nSPS) is 20.6. The van der Waals surface area contributed by atoms with Crippen LogP contribution in [0.4, 0.5) is 11.5 Å². The van der Waals surface area contributed by atoms with Crippen LogP contribution in [0, 0.1) is 0 Å². The van der Waals surface area contributed by atoms with E-state index in [1.54, 1.807) is 0 Å². The van der Waals surface area contributed by atoms with E-state index in [0.29, 0.717) is 6.54 Å². The lowest BCUT2D eigenvalue weighted by Gasteiger charge is -2.36. The van der Waals surface area contributed by atoms with Crippen molar-refractivity contribution in [1.29, 1.82) is 0 Å². The number of piperazine rings is 1. The third kappa shape index (κ3) is 3.24. The van der Waals surface area contributed by atoms with Crippen LogP contribution in [0.3, 0.4) is 0 Å². The van der Waals surface area contributed by atoms with Crippen molar-refractivity contribution in [2.24, 2.45) is 0 Å². The second-order valence-corrected chi connectivity index (χ2v) is 6.90. The summed E-state index contributed by atoms with van der Waals surface area (Å²) in [5, 5.41) is 0. The second kappa shape index (κ2) is 6.84. The molecule has 2 aromatic rings. The number of carbonyl (C=O) groups is 1. The van der Waals surface area contributed by atoms with Gasteiger partial charge in [-0.2, -0.15) is 0 Å². The molecule has 0 unspecified atom stereocenters. The number of amides is 1. The molecule has 0 N–H and O–H groups in total. The van der Waals surface area contributed by atoms with Crippen LogP contribution in [0.2, 0.25) is 0 Å². The topological polar surface area (TPSA) is 39.7 Å². The number of pyridine rings is 1. The van der Waals surface area contributed by atoms with Crippen LogP contribution >= 0.6 is 0 Å². The van der Waals surface area contributed by atoms with Crippen molar-refractivity contribution in [2.75, 3.05) is 42.5 Å². The third-order valence-electron chi connectivity index (χ3n) is 5.18. The minimum atomic E-state index is 0.212. The minimum absolute atomic E-state index is 0.212. The molecule has 5 nitrogen and oxygen atoms in total. The molecule has 5 heteroatoms. The molecule has 0 spiro atoms. The molecule has 1 aromatic heterocycles. The molecule has 0 aliphatic carbocycles. The fourth-order valence-corrected chi connectivity index (χ4v) is 3.89. The van der Waals surface area contributed by atoms with Crippen LogP contribution in [0.5, 0.6) is 0 Å². The molecule has 2 aliphatic heterocycles. The van der Waals surface area contributed by atoms with Gasteiger partial charge in [0.05, 0.1) is 6.54 Å². The summed E-state index contributed by atoms with van der Waals surface area (Å²) in [5.41, 5.74) is 2.37. The number of hydrogen-bond acceptors (Lipinski definition) is 4. The number of hydrogen-bond donors (Lipinski definition) is 0. The summed E-state index contributed by atoms with van der Waals surface area (Å²) < 4.78 is 0. The van der Waals surface area contributed by atoms with E-state index in [1.165, 1.54) is 5.56 Å². The highest BCUT2D eigenvalue weighted by Crippen LogP contribution is 2.31. The van der Waals surface area contributed by atoms with Gasteiger partial charge in [0.25, 0.3) is 0 Å². The molecule has 1 amide bonds. The van der Waals surface area contributed by atoms with Crippen molar-refractivity contribution in [3.63, 3.8) is 0 Å². The average Bonchev–Trinajstić information content (AvgIpc) is 2.99. The van der Waals surface area contributed by atoms with E-state index in [1.807, 2.05) is 35.4 Å². The summed E-state index contributed by atoms with van der Waals surface area (Å²) in [5.74, 6) is 1.24. The summed E-state index contributed by atoms with van der Waals surface area (Å²) in [7, 11) is 0. The maximum Gasteiger partial charge on any atom is 0.241 e. The molecule has 3 heterocycles. The number of carbonyl (C=O) groups excluding carboxylic acids is 1. The molecule has 130 valence electrons. The highest BCUT2D eigenvalue weighted by molar-refractivity contribution is 5.97. The van der Waals surface area contributed by atoms with Crippen molar-refractivity contribution in [2.45, 2.75) is 19.4 Å². The Hall–Kier alpha value is -2.40. The lowest BCUT2D eigenvalue weighted by Crippen LogP contribution is -2.51. The van der Waals surface area contributed by atoms with Crippen molar-refractivity contribution in [1.82, 2.24) is 9.88 Å². The Morgan fingerprint density at radius 2 is 1.84 bits per heavy atom. The van der Waals surface area contributed by atoms with Gasteiger partial charge in [-0.25, -0.2) is 4.98 Å². The first kappa shape index (κ1) is 16.1. The van der Waals surface area contributed by atoms with Gasteiger partial charge in [0.1, 0.15) is 5.82 Å². The summed E-state index contributed by atoms with van der Waals surface area (Å²) >= 11 is 0. The molecule has 1 saturated heterocycles. The number of anilines is 2. The first-order valence-electron chi connectivity index (χ1n) is 9.00. The molecule has 1 fully saturated rings. The van der Waals surface area contributed by atoms with Crippen molar-refractivity contribution >= 4 is 17.4 Å². The van der Waals surface area contributed by atoms with E-state index >= 15 is 0 Å². The lowest BCUT2D eigenvalue weighted by molar-refractivity contribution is -0.120. The first-order valence-corrected chi connectivity index (χ1v) is 9.00. The zero-order valence-electron chi connectivity index (χ0n) is 14.6. The number of rotatable bonds is 3. The molecular weight excluding hydrogens is 312 g/mol. The zero-order valence-corrected chi connectivity index (χ0v) is 14.6. The minimum Gasteiger partial charge on any atom is -0.354 e. The van der Waals surface area contributed by atoms with Gasteiger partial charge >= 0.3 is 0 Å². The van der Waals surface area contributed by atoms with Crippen LogP contribution < -0.4 is 9.80 Å². The van der Waals surface area contributed by atoms with Gasteiger partial charge in [0.15, 0.2) is 0 Å². The SMILES string of the molecule is C[C@@H]1Cc2ccccc2N1C(=O)CN1CCN(c2ccccn2)CC1. The lowest BCUT2D eigenvalue weighted by atomic mass is 10.1. The van der Waals surface area contributed by atoms with E-state index in [-0.39, 0.29) is 11.9 Å². The molecule has 0 bridgehead atoms. The average molecular weight is 336 g/mol. The predicted octanol–water partition coefficient (Wildman–Crippen LogP) is 2.18. The molecule has 1 atom stereocenters. The zero-order chi connectivity index (χ0) is 17.2. The van der Waals surface area contributed by atoms with Crippen molar-refractivity contribution in [3.8, 4) is 0 Å². The Morgan fingerprint density at radius 3 is 2.60 bits per heavy atom. The monoisotopic (exact) mass is 336 g/mol. The van der Waals surface area contributed by atoms with Gasteiger partial charge in [0, 0.05) is 44.1 Å². The van der Waals surface area contributed by atoms with Gasteiger partial charge in [-0.3, -0.25) is 9.69 Å². The van der Waals surface area contributed by atoms with Gasteiger partial charge in [-0.1, -0.05) is 24.3 Å². The Kier molecular flexibility index (Phi) is 4.40. The number of benzene rings is 1. The van der Waals surface area contributed by atoms with Gasteiger partial charge in [-0.05, 0) is 37.1 Å². The molecule has 0 saturated carbocycles. The Bertz CT molecular complexity index is 740. The van der Waals surface area contributed by atoms with E-state index in [0.717, 1.165) is 44.1 Å². The summed E-state index contributed by atoms with van der Waals surface area (Å²) in [4.78, 5) is 23.8. The molecule has 1 aromatic carbocycles. The molecule has 2 aliphatic rings. The summed E-state index contributed by atoms with van der Waals surface area (Å²) in [6.45, 7) is 6.25. The second-order valence-electron chi connectivity index (χ2n) is 6.90. The highest BCUT2D eigenvalue weighted by atomic mass is 16.2. The van der Waals surface area contributed by atoms with Gasteiger partial charge < -0.3 is 9.80 Å². The molecular formula is C20H24N4O. The fraction of sp³-hybridized carbons (Fsp3) is 0.400. The highest BCUT2D eigenvalue weighted by Gasteiger charge is 2.31. The number of nitrogens with zero attached hydrogens (tertiary/aromatic N) is 4. The maximum absolute atomic E-state index is 12.9. The summed E-state index contributed by atoms with van der Waals surface area (Å²) in [6, 6.07) is 14.5. The largest absolute Gasteiger partial charge is 0.354 e. The number of fused-ring (bicyclic) bond motifs is 1. The third-order valence-corrected chi connectivity index (χ3v) is 5.18. The van der Waals surface area contributed by atoms with Crippen molar-refractivity contribution in [3.05, 3.63) is 54.2 Å². The summed E-state index contributed by atoms with van der Waals surface area (Å²) in [6.07, 6.45) is 2.78. The standard InChI is InChI=1S/C20H24N4O/c1-16-14-17-6-2-3-7-18(17)24(16)20(25)15-22-10-12-23(13-11-22)19-8-4-5-9-21-19/h2-9,16H,10-15H2,1H3/t16-/m1/s1. The molecule has 0 radical (unpaired) electrons. The fourth-order valence-electron chi connectivity index (χ4n) is 3.89. The van der Waals surface area contributed by atoms with Crippen LogP contribution in [-0.2, 0) is 11.2 Å². The van der Waals surface area contributed by atoms with E-state index in [4.69, 9.17) is 0 Å². The predicted molar refractivity (Wildman–Crippen MR) is 100.0 cm³/mol. The number of aromatic nitrogens is 1. The Morgan fingerprint density at radius 1 is 1.08 bits per heavy atom. The van der Waals surface area contributed by atoms with Crippen LogP contribution in [0.15, 0.2) is 48.7 Å². The number of para-hydroxylation sites is 1. The first-order chi connectivity index (χ1) is 12.2. The van der Waals surface area contributed by atoms with Crippen LogP contribution in [0.1, 0.15) is 12.5 Å². The quantitative estimate of drug-likeness (QED) is 0.861. The van der Waals surface area contributed by atoms with Crippen LogP contribution in [0.25, 0.3) is 0 Å². The molecule has 25 heavy (non-hydrogen) atoms. The Labute approximate surface area is 148 Å². The smallest absolute Gasteiger partial charge is 0.241 e. The van der Waals surface area contributed by atoms with Crippen molar-refractivity contribution < 1.29 is 4.79 Å². The molecule has 4 rings (SSSR count). The van der Waals surface area contributed by atoms with Gasteiger partial charge in [0.2, 0.25) is 5.91 Å².